The second kappa shape index (κ2) is 7.53. The monoisotopic (exact) mass is 289 g/mol. The van der Waals surface area contributed by atoms with Gasteiger partial charge in [-0.05, 0) is 43.0 Å². The zero-order valence-corrected chi connectivity index (χ0v) is 12.1. The number of ether oxygens (including phenoxy) is 1. The third-order valence-corrected chi connectivity index (χ3v) is 2.81. The van der Waals surface area contributed by atoms with E-state index in [1.54, 1.807) is 18.2 Å². The van der Waals surface area contributed by atoms with E-state index < -0.39 is 6.36 Å². The van der Waals surface area contributed by atoms with Crippen LogP contribution in [0, 0.1) is 11.8 Å². The van der Waals surface area contributed by atoms with E-state index in [-0.39, 0.29) is 11.7 Å². The van der Waals surface area contributed by atoms with E-state index in [0.29, 0.717) is 17.9 Å². The van der Waals surface area contributed by atoms with Gasteiger partial charge in [-0.15, -0.1) is 13.2 Å². The minimum atomic E-state index is -4.64. The molecule has 0 aliphatic carbocycles. The standard InChI is InChI=1S/C15H22F3NO/c1-11(2)9-19-10-12(3)8-13-6-4-5-7-14(13)20-15(16,17)18/h4-7,11-12,19H,8-10H2,1-3H3. The number of halogens is 3. The first-order valence-electron chi connectivity index (χ1n) is 6.82. The van der Waals surface area contributed by atoms with Gasteiger partial charge in [-0.3, -0.25) is 0 Å². The van der Waals surface area contributed by atoms with Crippen LogP contribution in [0.2, 0.25) is 0 Å². The summed E-state index contributed by atoms with van der Waals surface area (Å²) >= 11 is 0. The molecule has 0 aliphatic rings. The Hall–Kier alpha value is -1.23. The Labute approximate surface area is 118 Å². The van der Waals surface area contributed by atoms with Crippen LogP contribution in [0.5, 0.6) is 5.75 Å². The predicted octanol–water partition coefficient (Wildman–Crippen LogP) is 4.01. The lowest BCUT2D eigenvalue weighted by molar-refractivity contribution is -0.274. The molecule has 1 atom stereocenters. The summed E-state index contributed by atoms with van der Waals surface area (Å²) in [6, 6.07) is 6.32. The van der Waals surface area contributed by atoms with E-state index in [0.717, 1.165) is 13.1 Å². The Morgan fingerprint density at radius 3 is 2.35 bits per heavy atom. The summed E-state index contributed by atoms with van der Waals surface area (Å²) in [5.74, 6) is 0.700. The molecule has 0 spiro atoms. The van der Waals surface area contributed by atoms with Crippen molar-refractivity contribution in [1.29, 1.82) is 0 Å². The Morgan fingerprint density at radius 1 is 1.10 bits per heavy atom. The Kier molecular flexibility index (Phi) is 6.33. The Morgan fingerprint density at radius 2 is 1.75 bits per heavy atom. The van der Waals surface area contributed by atoms with Crippen molar-refractivity contribution in [1.82, 2.24) is 5.32 Å². The number of rotatable bonds is 7. The largest absolute Gasteiger partial charge is 0.573 e. The summed E-state index contributed by atoms with van der Waals surface area (Å²) in [5, 5.41) is 3.31. The molecule has 114 valence electrons. The Balaban J connectivity index is 2.58. The molecule has 0 aromatic heterocycles. The van der Waals surface area contributed by atoms with Crippen LogP contribution in [0.3, 0.4) is 0 Å². The van der Waals surface area contributed by atoms with E-state index >= 15 is 0 Å². The van der Waals surface area contributed by atoms with E-state index in [1.807, 2.05) is 6.92 Å². The lowest BCUT2D eigenvalue weighted by Gasteiger charge is -2.17. The van der Waals surface area contributed by atoms with Gasteiger partial charge in [0.15, 0.2) is 0 Å². The third kappa shape index (κ3) is 6.80. The van der Waals surface area contributed by atoms with E-state index in [2.05, 4.69) is 23.9 Å². The summed E-state index contributed by atoms with van der Waals surface area (Å²) in [5.41, 5.74) is 0.587. The fourth-order valence-electron chi connectivity index (χ4n) is 1.96. The molecule has 1 N–H and O–H groups in total. The zero-order valence-electron chi connectivity index (χ0n) is 12.1. The normalized spacial score (nSPS) is 13.6. The molecule has 1 aromatic carbocycles. The molecule has 0 bridgehead atoms. The number of para-hydroxylation sites is 1. The molecule has 0 heterocycles. The molecular formula is C15H22F3NO. The van der Waals surface area contributed by atoms with Crippen molar-refractivity contribution in [3.8, 4) is 5.75 Å². The van der Waals surface area contributed by atoms with Crippen LogP contribution >= 0.6 is 0 Å². The quantitative estimate of drug-likeness (QED) is 0.819. The summed E-state index contributed by atoms with van der Waals surface area (Å²) < 4.78 is 41.0. The molecule has 1 aromatic rings. The van der Waals surface area contributed by atoms with Crippen LogP contribution < -0.4 is 10.1 Å². The molecule has 0 aliphatic heterocycles. The van der Waals surface area contributed by atoms with Gasteiger partial charge < -0.3 is 10.1 Å². The fourth-order valence-corrected chi connectivity index (χ4v) is 1.96. The van der Waals surface area contributed by atoms with Crippen molar-refractivity contribution in [2.45, 2.75) is 33.6 Å². The third-order valence-electron chi connectivity index (χ3n) is 2.81. The molecule has 0 radical (unpaired) electrons. The maximum Gasteiger partial charge on any atom is 0.573 e. The van der Waals surface area contributed by atoms with Crippen molar-refractivity contribution in [3.05, 3.63) is 29.8 Å². The maximum absolute atomic E-state index is 12.3. The highest BCUT2D eigenvalue weighted by atomic mass is 19.4. The first-order chi connectivity index (χ1) is 9.28. The predicted molar refractivity (Wildman–Crippen MR) is 73.7 cm³/mol. The molecule has 0 saturated heterocycles. The van der Waals surface area contributed by atoms with E-state index in [1.165, 1.54) is 6.07 Å². The average molecular weight is 289 g/mol. The smallest absolute Gasteiger partial charge is 0.406 e. The minimum absolute atomic E-state index is 0.101. The molecule has 2 nitrogen and oxygen atoms in total. The average Bonchev–Trinajstić information content (AvgIpc) is 2.29. The van der Waals surface area contributed by atoms with E-state index in [9.17, 15) is 13.2 Å². The van der Waals surface area contributed by atoms with Crippen LogP contribution in [-0.2, 0) is 6.42 Å². The van der Waals surface area contributed by atoms with Gasteiger partial charge in [0.25, 0.3) is 0 Å². The minimum Gasteiger partial charge on any atom is -0.406 e. The van der Waals surface area contributed by atoms with Crippen molar-refractivity contribution in [3.63, 3.8) is 0 Å². The van der Waals surface area contributed by atoms with Crippen LogP contribution in [0.1, 0.15) is 26.3 Å². The number of benzene rings is 1. The van der Waals surface area contributed by atoms with Crippen molar-refractivity contribution < 1.29 is 17.9 Å². The van der Waals surface area contributed by atoms with E-state index in [4.69, 9.17) is 0 Å². The first-order valence-corrected chi connectivity index (χ1v) is 6.82. The van der Waals surface area contributed by atoms with Gasteiger partial charge in [0.1, 0.15) is 5.75 Å². The highest BCUT2D eigenvalue weighted by Gasteiger charge is 2.32. The maximum atomic E-state index is 12.3. The number of hydrogen-bond acceptors (Lipinski definition) is 2. The number of hydrogen-bond donors (Lipinski definition) is 1. The van der Waals surface area contributed by atoms with Crippen molar-refractivity contribution in [2.75, 3.05) is 13.1 Å². The molecule has 0 saturated carbocycles. The van der Waals surface area contributed by atoms with Crippen LogP contribution in [-0.4, -0.2) is 19.5 Å². The van der Waals surface area contributed by atoms with Crippen LogP contribution in [0.15, 0.2) is 24.3 Å². The Bertz CT molecular complexity index is 404. The summed E-state index contributed by atoms with van der Waals surface area (Å²) in [7, 11) is 0. The lowest BCUT2D eigenvalue weighted by atomic mass is 10.00. The van der Waals surface area contributed by atoms with Gasteiger partial charge in [-0.25, -0.2) is 0 Å². The highest BCUT2D eigenvalue weighted by Crippen LogP contribution is 2.27. The summed E-state index contributed by atoms with van der Waals surface area (Å²) in [6.45, 7) is 7.93. The molecule has 0 amide bonds. The second-order valence-corrected chi connectivity index (χ2v) is 5.52. The first kappa shape index (κ1) is 16.8. The molecule has 20 heavy (non-hydrogen) atoms. The number of alkyl halides is 3. The van der Waals surface area contributed by atoms with Crippen LogP contribution in [0.25, 0.3) is 0 Å². The molecule has 0 fully saturated rings. The topological polar surface area (TPSA) is 21.3 Å². The van der Waals surface area contributed by atoms with Crippen molar-refractivity contribution in [2.24, 2.45) is 11.8 Å². The van der Waals surface area contributed by atoms with Crippen molar-refractivity contribution >= 4 is 0 Å². The molecule has 1 unspecified atom stereocenters. The van der Waals surface area contributed by atoms with Crippen LogP contribution in [0.4, 0.5) is 13.2 Å². The second-order valence-electron chi connectivity index (χ2n) is 5.52. The summed E-state index contributed by atoms with van der Waals surface area (Å²) in [4.78, 5) is 0. The zero-order chi connectivity index (χ0) is 15.2. The van der Waals surface area contributed by atoms with Gasteiger partial charge >= 0.3 is 6.36 Å². The molecule has 5 heteroatoms. The summed E-state index contributed by atoms with van der Waals surface area (Å²) in [6.07, 6.45) is -4.09. The molecule has 1 rings (SSSR count). The van der Waals surface area contributed by atoms with Gasteiger partial charge in [0.2, 0.25) is 0 Å². The highest BCUT2D eigenvalue weighted by molar-refractivity contribution is 5.33. The molecular weight excluding hydrogens is 267 g/mol. The SMILES string of the molecule is CC(C)CNCC(C)Cc1ccccc1OC(F)(F)F. The van der Waals surface area contributed by atoms with Gasteiger partial charge in [-0.1, -0.05) is 39.0 Å². The lowest BCUT2D eigenvalue weighted by Crippen LogP contribution is -2.26. The fraction of sp³-hybridized carbons (Fsp3) is 0.600. The van der Waals surface area contributed by atoms with Gasteiger partial charge in [0.05, 0.1) is 0 Å². The number of nitrogens with one attached hydrogen (secondary N) is 1. The van der Waals surface area contributed by atoms with Gasteiger partial charge in [0, 0.05) is 0 Å². The van der Waals surface area contributed by atoms with Gasteiger partial charge in [-0.2, -0.15) is 0 Å².